The van der Waals surface area contributed by atoms with Gasteiger partial charge in [-0.05, 0) is 97.9 Å². The molecule has 34 heavy (non-hydrogen) atoms. The Morgan fingerprint density at radius 3 is 2.38 bits per heavy atom. The average Bonchev–Trinajstić information content (AvgIpc) is 3.16. The smallest absolute Gasteiger partial charge is 0.356 e. The summed E-state index contributed by atoms with van der Waals surface area (Å²) in [6.45, 7) is 12.2. The Hall–Kier alpha value is -0.150. The van der Waals surface area contributed by atoms with E-state index in [0.717, 1.165) is 36.5 Å². The molecule has 0 bridgehead atoms. The molecular formula is C29H51O4P. The zero-order chi connectivity index (χ0) is 24.9. The molecule has 1 N–H and O–H groups in total. The summed E-state index contributed by atoms with van der Waals surface area (Å²) in [7, 11) is -0.389. The summed E-state index contributed by atoms with van der Waals surface area (Å²) in [6, 6.07) is 0. The summed E-state index contributed by atoms with van der Waals surface area (Å²) >= 11 is 0. The number of aliphatic hydroxyl groups is 1. The molecule has 0 amide bonds. The SMILES string of the molecule is COP(=O)(OC)C1=C[C@H](O)[C@@]2(C)[C@@H](CC[C@H]3[C@@H]4CC[C@H]([C@H](C)CCCC(C)C)[C@@]4(C)CC[C@@H]32)C1. The fourth-order valence-corrected chi connectivity index (χ4v) is 10.9. The first kappa shape index (κ1) is 26.9. The molecule has 9 atom stereocenters. The van der Waals surface area contributed by atoms with Crippen molar-refractivity contribution in [3.63, 3.8) is 0 Å². The maximum atomic E-state index is 13.1. The van der Waals surface area contributed by atoms with Gasteiger partial charge in [0.1, 0.15) is 0 Å². The van der Waals surface area contributed by atoms with E-state index in [2.05, 4.69) is 34.6 Å². The Morgan fingerprint density at radius 2 is 1.74 bits per heavy atom. The highest BCUT2D eigenvalue weighted by Gasteiger charge is 2.62. The van der Waals surface area contributed by atoms with Crippen LogP contribution in [0.4, 0.5) is 0 Å². The third-order valence-corrected chi connectivity index (χ3v) is 13.4. The Labute approximate surface area is 209 Å². The minimum Gasteiger partial charge on any atom is -0.388 e. The van der Waals surface area contributed by atoms with Crippen LogP contribution >= 0.6 is 7.60 Å². The van der Waals surface area contributed by atoms with E-state index in [1.54, 1.807) is 0 Å². The first-order valence-electron chi connectivity index (χ1n) is 14.1. The van der Waals surface area contributed by atoms with Gasteiger partial charge in [-0.2, -0.15) is 0 Å². The molecular weight excluding hydrogens is 443 g/mol. The molecule has 0 aromatic rings. The van der Waals surface area contributed by atoms with Gasteiger partial charge in [0.15, 0.2) is 0 Å². The highest BCUT2D eigenvalue weighted by Crippen LogP contribution is 2.70. The van der Waals surface area contributed by atoms with E-state index >= 15 is 0 Å². The summed E-state index contributed by atoms with van der Waals surface area (Å²) in [5.74, 6) is 4.89. The molecule has 3 fully saturated rings. The van der Waals surface area contributed by atoms with E-state index in [1.165, 1.54) is 65.6 Å². The summed E-state index contributed by atoms with van der Waals surface area (Å²) in [4.78, 5) is 0. The van der Waals surface area contributed by atoms with Gasteiger partial charge in [-0.3, -0.25) is 4.57 Å². The maximum absolute atomic E-state index is 13.1. The van der Waals surface area contributed by atoms with Crippen LogP contribution in [-0.4, -0.2) is 25.4 Å². The second-order valence-corrected chi connectivity index (χ2v) is 15.5. The van der Waals surface area contributed by atoms with E-state index < -0.39 is 13.7 Å². The van der Waals surface area contributed by atoms with Crippen LogP contribution in [0.25, 0.3) is 0 Å². The van der Waals surface area contributed by atoms with Crippen molar-refractivity contribution < 1.29 is 18.7 Å². The van der Waals surface area contributed by atoms with Crippen molar-refractivity contribution in [3.8, 4) is 0 Å². The van der Waals surface area contributed by atoms with Crippen LogP contribution in [0, 0.1) is 52.3 Å². The highest BCUT2D eigenvalue weighted by atomic mass is 31.2. The Bertz CT molecular complexity index is 800. The first-order chi connectivity index (χ1) is 16.0. The highest BCUT2D eigenvalue weighted by molar-refractivity contribution is 7.58. The molecule has 0 aromatic heterocycles. The normalized spacial score (nSPS) is 43.1. The average molecular weight is 495 g/mol. The molecule has 3 saturated carbocycles. The number of allylic oxidation sites excluding steroid dienone is 1. The monoisotopic (exact) mass is 494 g/mol. The molecule has 0 aromatic carbocycles. The quantitative estimate of drug-likeness (QED) is 0.347. The molecule has 4 nitrogen and oxygen atoms in total. The van der Waals surface area contributed by atoms with Gasteiger partial charge in [0.05, 0.1) is 6.10 Å². The van der Waals surface area contributed by atoms with Gasteiger partial charge in [-0.25, -0.2) is 0 Å². The third kappa shape index (κ3) is 4.31. The molecule has 4 rings (SSSR count). The summed E-state index contributed by atoms with van der Waals surface area (Å²) < 4.78 is 23.7. The molecule has 5 heteroatoms. The Balaban J connectivity index is 1.53. The zero-order valence-electron chi connectivity index (χ0n) is 22.9. The Morgan fingerprint density at radius 1 is 1.03 bits per heavy atom. The number of rotatable bonds is 8. The van der Waals surface area contributed by atoms with Crippen molar-refractivity contribution in [3.05, 3.63) is 11.4 Å². The van der Waals surface area contributed by atoms with Gasteiger partial charge in [0.2, 0.25) is 0 Å². The first-order valence-corrected chi connectivity index (χ1v) is 15.7. The number of hydrogen-bond donors (Lipinski definition) is 1. The molecule has 4 aliphatic carbocycles. The van der Waals surface area contributed by atoms with Crippen molar-refractivity contribution in [2.24, 2.45) is 52.3 Å². The van der Waals surface area contributed by atoms with Crippen molar-refractivity contribution in [1.82, 2.24) is 0 Å². The third-order valence-electron chi connectivity index (χ3n) is 11.4. The van der Waals surface area contributed by atoms with Gasteiger partial charge in [-0.15, -0.1) is 0 Å². The van der Waals surface area contributed by atoms with Crippen LogP contribution < -0.4 is 0 Å². The fraction of sp³-hybridized carbons (Fsp3) is 0.931. The zero-order valence-corrected chi connectivity index (χ0v) is 23.8. The van der Waals surface area contributed by atoms with Crippen LogP contribution in [0.1, 0.15) is 98.8 Å². The topological polar surface area (TPSA) is 55.8 Å². The second kappa shape index (κ2) is 9.96. The Kier molecular flexibility index (Phi) is 7.88. The predicted octanol–water partition coefficient (Wildman–Crippen LogP) is 8.06. The molecule has 4 aliphatic rings. The van der Waals surface area contributed by atoms with Crippen LogP contribution in [0.2, 0.25) is 0 Å². The van der Waals surface area contributed by atoms with Gasteiger partial charge in [-0.1, -0.05) is 53.9 Å². The number of fused-ring (bicyclic) bond motifs is 5. The van der Waals surface area contributed by atoms with Gasteiger partial charge >= 0.3 is 7.60 Å². The lowest BCUT2D eigenvalue weighted by Gasteiger charge is -2.61. The molecule has 0 aliphatic heterocycles. The van der Waals surface area contributed by atoms with Crippen molar-refractivity contribution in [2.75, 3.05) is 14.2 Å². The number of aliphatic hydroxyl groups excluding tert-OH is 1. The maximum Gasteiger partial charge on any atom is 0.356 e. The summed E-state index contributed by atoms with van der Waals surface area (Å²) in [6.07, 6.45) is 13.8. The standard InChI is InChI=1S/C29H51O4P/c1-19(2)9-8-10-20(3)24-13-14-25-23-12-11-21-17-22(34(31,32-6)33-7)18-27(30)29(21,5)26(23)15-16-28(24,25)4/h18-21,23-27,30H,8-17H2,1-7H3/t20-,21+,23+,24-,25+,26+,27+,28-,29+/m1/s1. The fourth-order valence-electron chi connectivity index (χ4n) is 9.47. The van der Waals surface area contributed by atoms with E-state index in [9.17, 15) is 9.67 Å². The largest absolute Gasteiger partial charge is 0.388 e. The van der Waals surface area contributed by atoms with Crippen molar-refractivity contribution >= 4 is 7.60 Å². The molecule has 0 heterocycles. The predicted molar refractivity (Wildman–Crippen MR) is 140 cm³/mol. The van der Waals surface area contributed by atoms with Gasteiger partial charge < -0.3 is 14.2 Å². The molecule has 0 unspecified atom stereocenters. The lowest BCUT2D eigenvalue weighted by molar-refractivity contribution is -0.140. The lowest BCUT2D eigenvalue weighted by Crippen LogP contribution is -2.57. The van der Waals surface area contributed by atoms with Crippen LogP contribution in [0.3, 0.4) is 0 Å². The molecule has 0 spiro atoms. The number of hydrogen-bond acceptors (Lipinski definition) is 4. The molecule has 196 valence electrons. The summed E-state index contributed by atoms with van der Waals surface area (Å²) in [5.41, 5.74) is 0.324. The minimum atomic E-state index is -3.29. The molecule has 0 radical (unpaired) electrons. The van der Waals surface area contributed by atoms with Crippen LogP contribution in [-0.2, 0) is 13.6 Å². The van der Waals surface area contributed by atoms with Crippen LogP contribution in [0.15, 0.2) is 11.4 Å². The summed E-state index contributed by atoms with van der Waals surface area (Å²) in [5, 5.41) is 12.2. The lowest BCUT2D eigenvalue weighted by atomic mass is 9.44. The van der Waals surface area contributed by atoms with E-state index in [-0.39, 0.29) is 5.41 Å². The van der Waals surface area contributed by atoms with Crippen molar-refractivity contribution in [2.45, 2.75) is 105 Å². The molecule has 0 saturated heterocycles. The van der Waals surface area contributed by atoms with Crippen LogP contribution in [0.5, 0.6) is 0 Å². The minimum absolute atomic E-state index is 0.138. The second-order valence-electron chi connectivity index (χ2n) is 13.2. The van der Waals surface area contributed by atoms with Gasteiger partial charge in [0, 0.05) is 24.9 Å². The van der Waals surface area contributed by atoms with Gasteiger partial charge in [0.25, 0.3) is 0 Å². The van der Waals surface area contributed by atoms with E-state index in [4.69, 9.17) is 9.05 Å². The van der Waals surface area contributed by atoms with E-state index in [1.807, 2.05) is 6.08 Å². The van der Waals surface area contributed by atoms with Crippen molar-refractivity contribution in [1.29, 1.82) is 0 Å². The van der Waals surface area contributed by atoms with E-state index in [0.29, 0.717) is 28.5 Å².